The lowest BCUT2D eigenvalue weighted by molar-refractivity contribution is -0.126. The van der Waals surface area contributed by atoms with Gasteiger partial charge < -0.3 is 16.8 Å². The average molecular weight is 255 g/mol. The molecule has 0 spiro atoms. The number of carbonyl (C=O) groups is 2. The van der Waals surface area contributed by atoms with Crippen LogP contribution in [0.25, 0.3) is 0 Å². The minimum atomic E-state index is -0.288. The number of nitrogens with one attached hydrogen (secondary N) is 1. The number of carbonyl (C=O) groups excluding carboxylic acids is 2. The van der Waals surface area contributed by atoms with E-state index in [0.29, 0.717) is 18.9 Å². The lowest BCUT2D eigenvalue weighted by Crippen LogP contribution is -2.45. The van der Waals surface area contributed by atoms with E-state index in [-0.39, 0.29) is 23.8 Å². The third kappa shape index (κ3) is 5.04. The van der Waals surface area contributed by atoms with Gasteiger partial charge in [0.05, 0.1) is 5.92 Å². The summed E-state index contributed by atoms with van der Waals surface area (Å²) in [7, 11) is 0. The van der Waals surface area contributed by atoms with Crippen molar-refractivity contribution in [3.05, 3.63) is 0 Å². The first-order valence-electron chi connectivity index (χ1n) is 6.82. The van der Waals surface area contributed by atoms with E-state index in [1.54, 1.807) is 0 Å². The summed E-state index contributed by atoms with van der Waals surface area (Å²) in [5.74, 6) is 0.304. The SMILES string of the molecule is CC1CCC(N)C(C(=O)NCCCCC(N)=O)C1. The standard InChI is InChI=1S/C13H25N3O2/c1-9-5-6-11(14)10(8-9)13(18)16-7-3-2-4-12(15)17/h9-11H,2-8,14H2,1H3,(H2,15,17)(H,16,18). The quantitative estimate of drug-likeness (QED) is 0.603. The molecular weight excluding hydrogens is 230 g/mol. The van der Waals surface area contributed by atoms with Crippen LogP contribution in [0.1, 0.15) is 45.4 Å². The minimum absolute atomic E-state index is 0.00757. The highest BCUT2D eigenvalue weighted by Gasteiger charge is 2.31. The van der Waals surface area contributed by atoms with E-state index in [9.17, 15) is 9.59 Å². The third-order valence-electron chi connectivity index (χ3n) is 3.65. The van der Waals surface area contributed by atoms with E-state index >= 15 is 0 Å². The lowest BCUT2D eigenvalue weighted by atomic mass is 9.79. The largest absolute Gasteiger partial charge is 0.370 e. The first-order chi connectivity index (χ1) is 8.50. The summed E-state index contributed by atoms with van der Waals surface area (Å²) in [4.78, 5) is 22.5. The summed E-state index contributed by atoms with van der Waals surface area (Å²) in [6.45, 7) is 2.77. The monoisotopic (exact) mass is 255 g/mol. The molecule has 2 amide bonds. The number of hydrogen-bond donors (Lipinski definition) is 3. The topological polar surface area (TPSA) is 98.2 Å². The Morgan fingerprint density at radius 2 is 2.00 bits per heavy atom. The Labute approximate surface area is 109 Å². The summed E-state index contributed by atoms with van der Waals surface area (Å²) in [5, 5.41) is 2.91. The van der Waals surface area contributed by atoms with Crippen molar-refractivity contribution in [3.63, 3.8) is 0 Å². The van der Waals surface area contributed by atoms with Gasteiger partial charge in [-0.3, -0.25) is 9.59 Å². The molecule has 0 aromatic carbocycles. The van der Waals surface area contributed by atoms with E-state index in [1.807, 2.05) is 0 Å². The first-order valence-corrected chi connectivity index (χ1v) is 6.82. The van der Waals surface area contributed by atoms with E-state index in [2.05, 4.69) is 12.2 Å². The normalized spacial score (nSPS) is 27.8. The molecule has 5 N–H and O–H groups in total. The Morgan fingerprint density at radius 3 is 2.67 bits per heavy atom. The van der Waals surface area contributed by atoms with Crippen molar-refractivity contribution in [1.29, 1.82) is 0 Å². The van der Waals surface area contributed by atoms with Crippen molar-refractivity contribution in [2.75, 3.05) is 6.54 Å². The molecule has 0 aliphatic heterocycles. The Balaban J connectivity index is 2.21. The van der Waals surface area contributed by atoms with E-state index < -0.39 is 0 Å². The van der Waals surface area contributed by atoms with Crippen LogP contribution >= 0.6 is 0 Å². The van der Waals surface area contributed by atoms with E-state index in [1.165, 1.54) is 0 Å². The molecule has 0 saturated heterocycles. The van der Waals surface area contributed by atoms with Crippen LogP contribution in [0.2, 0.25) is 0 Å². The zero-order chi connectivity index (χ0) is 13.5. The van der Waals surface area contributed by atoms with Crippen LogP contribution in [-0.4, -0.2) is 24.4 Å². The molecule has 104 valence electrons. The van der Waals surface area contributed by atoms with E-state index in [4.69, 9.17) is 11.5 Å². The van der Waals surface area contributed by atoms with Gasteiger partial charge in [-0.1, -0.05) is 6.92 Å². The van der Waals surface area contributed by atoms with Gasteiger partial charge >= 0.3 is 0 Å². The highest BCUT2D eigenvalue weighted by Crippen LogP contribution is 2.27. The molecule has 0 radical (unpaired) electrons. The fourth-order valence-electron chi connectivity index (χ4n) is 2.47. The van der Waals surface area contributed by atoms with E-state index in [0.717, 1.165) is 32.1 Å². The molecule has 0 heterocycles. The van der Waals surface area contributed by atoms with Crippen LogP contribution in [-0.2, 0) is 9.59 Å². The molecule has 0 aromatic heterocycles. The van der Waals surface area contributed by atoms with Gasteiger partial charge in [-0.2, -0.15) is 0 Å². The fourth-order valence-corrected chi connectivity index (χ4v) is 2.47. The second kappa shape index (κ2) is 7.36. The fraction of sp³-hybridized carbons (Fsp3) is 0.846. The summed E-state index contributed by atoms with van der Waals surface area (Å²) in [6.07, 6.45) is 4.82. The highest BCUT2D eigenvalue weighted by atomic mass is 16.2. The zero-order valence-electron chi connectivity index (χ0n) is 11.2. The number of primary amides is 1. The molecule has 1 fully saturated rings. The molecule has 18 heavy (non-hydrogen) atoms. The number of rotatable bonds is 6. The molecule has 1 aliphatic rings. The minimum Gasteiger partial charge on any atom is -0.370 e. The van der Waals surface area contributed by atoms with Crippen LogP contribution in [0, 0.1) is 11.8 Å². The second-order valence-corrected chi connectivity index (χ2v) is 5.40. The van der Waals surface area contributed by atoms with Crippen LogP contribution in [0.15, 0.2) is 0 Å². The molecule has 5 nitrogen and oxygen atoms in total. The highest BCUT2D eigenvalue weighted by molar-refractivity contribution is 5.79. The second-order valence-electron chi connectivity index (χ2n) is 5.40. The van der Waals surface area contributed by atoms with Crippen molar-refractivity contribution in [1.82, 2.24) is 5.32 Å². The molecule has 1 aliphatic carbocycles. The Hall–Kier alpha value is -1.10. The van der Waals surface area contributed by atoms with Crippen molar-refractivity contribution in [2.24, 2.45) is 23.3 Å². The van der Waals surface area contributed by atoms with Gasteiger partial charge in [0.25, 0.3) is 0 Å². The number of nitrogens with two attached hydrogens (primary N) is 2. The summed E-state index contributed by atoms with van der Waals surface area (Å²) in [6, 6.07) is -0.00757. The Kier molecular flexibility index (Phi) is 6.12. The van der Waals surface area contributed by atoms with Crippen molar-refractivity contribution in [3.8, 4) is 0 Å². The summed E-state index contributed by atoms with van der Waals surface area (Å²) < 4.78 is 0. The maximum Gasteiger partial charge on any atom is 0.224 e. The molecule has 5 heteroatoms. The van der Waals surface area contributed by atoms with Crippen molar-refractivity contribution in [2.45, 2.75) is 51.5 Å². The van der Waals surface area contributed by atoms with Gasteiger partial charge in [-0.15, -0.1) is 0 Å². The summed E-state index contributed by atoms with van der Waals surface area (Å²) in [5.41, 5.74) is 11.0. The Morgan fingerprint density at radius 1 is 1.28 bits per heavy atom. The van der Waals surface area contributed by atoms with Crippen LogP contribution in [0.4, 0.5) is 0 Å². The van der Waals surface area contributed by atoms with Crippen molar-refractivity contribution < 1.29 is 9.59 Å². The summed E-state index contributed by atoms with van der Waals surface area (Å²) >= 11 is 0. The van der Waals surface area contributed by atoms with Crippen LogP contribution in [0.3, 0.4) is 0 Å². The van der Waals surface area contributed by atoms with Gasteiger partial charge in [-0.25, -0.2) is 0 Å². The molecule has 3 atom stereocenters. The maximum atomic E-state index is 12.0. The third-order valence-corrected chi connectivity index (χ3v) is 3.65. The van der Waals surface area contributed by atoms with Gasteiger partial charge in [-0.05, 0) is 38.0 Å². The van der Waals surface area contributed by atoms with Gasteiger partial charge in [0.1, 0.15) is 0 Å². The molecule has 1 saturated carbocycles. The average Bonchev–Trinajstić information content (AvgIpc) is 2.31. The number of hydrogen-bond acceptors (Lipinski definition) is 3. The van der Waals surface area contributed by atoms with Crippen LogP contribution in [0.5, 0.6) is 0 Å². The predicted octanol–water partition coefficient (Wildman–Crippen LogP) is 0.522. The van der Waals surface area contributed by atoms with Gasteiger partial charge in [0.2, 0.25) is 11.8 Å². The molecular formula is C13H25N3O2. The van der Waals surface area contributed by atoms with Gasteiger partial charge in [0.15, 0.2) is 0 Å². The Bertz CT molecular complexity index is 294. The number of amides is 2. The zero-order valence-corrected chi connectivity index (χ0v) is 11.2. The number of unbranched alkanes of at least 4 members (excludes halogenated alkanes) is 1. The van der Waals surface area contributed by atoms with Crippen molar-refractivity contribution >= 4 is 11.8 Å². The first kappa shape index (κ1) is 15.0. The predicted molar refractivity (Wildman–Crippen MR) is 70.5 cm³/mol. The molecule has 3 unspecified atom stereocenters. The molecule has 0 aromatic rings. The smallest absolute Gasteiger partial charge is 0.224 e. The van der Waals surface area contributed by atoms with Gasteiger partial charge in [0, 0.05) is 19.0 Å². The molecule has 1 rings (SSSR count). The maximum absolute atomic E-state index is 12.0. The van der Waals surface area contributed by atoms with Crippen LogP contribution < -0.4 is 16.8 Å². The lowest BCUT2D eigenvalue weighted by Gasteiger charge is -2.31. The molecule has 0 bridgehead atoms.